The van der Waals surface area contributed by atoms with Crippen LogP contribution in [0, 0.1) is 6.92 Å². The number of aromatic amines is 1. The number of nitrogens with zero attached hydrogens (tertiary/aromatic N) is 1. The molecule has 0 atom stereocenters. The average molecular weight is 310 g/mol. The van der Waals surface area contributed by atoms with Gasteiger partial charge in [-0.25, -0.2) is 4.98 Å². The van der Waals surface area contributed by atoms with Gasteiger partial charge in [0.1, 0.15) is 17.3 Å². The van der Waals surface area contributed by atoms with E-state index < -0.39 is 0 Å². The molecular weight excluding hydrogens is 292 g/mol. The van der Waals surface area contributed by atoms with Gasteiger partial charge >= 0.3 is 0 Å². The van der Waals surface area contributed by atoms with E-state index in [4.69, 9.17) is 9.47 Å². The maximum Gasteiger partial charge on any atom is 0.258 e. The number of ether oxygens (including phenoxy) is 2. The fourth-order valence-corrected chi connectivity index (χ4v) is 2.59. The van der Waals surface area contributed by atoms with E-state index in [1.165, 1.54) is 0 Å². The van der Waals surface area contributed by atoms with E-state index >= 15 is 0 Å². The number of benzene rings is 2. The Morgan fingerprint density at radius 1 is 1.09 bits per heavy atom. The lowest BCUT2D eigenvalue weighted by Gasteiger charge is -2.10. The SMILES string of the molecule is COc1ccc(OC)c(Cc2nc3ccc(C)cc3c(=O)[nH]2)c1. The second-order valence-corrected chi connectivity index (χ2v) is 5.39. The summed E-state index contributed by atoms with van der Waals surface area (Å²) < 4.78 is 10.6. The second-order valence-electron chi connectivity index (χ2n) is 5.39. The lowest BCUT2D eigenvalue weighted by atomic mass is 10.1. The Hall–Kier alpha value is -2.82. The highest BCUT2D eigenvalue weighted by atomic mass is 16.5. The number of fused-ring (bicyclic) bond motifs is 1. The van der Waals surface area contributed by atoms with E-state index in [-0.39, 0.29) is 5.56 Å². The Morgan fingerprint density at radius 3 is 2.65 bits per heavy atom. The Morgan fingerprint density at radius 2 is 1.91 bits per heavy atom. The molecule has 3 rings (SSSR count). The summed E-state index contributed by atoms with van der Waals surface area (Å²) in [4.78, 5) is 19.7. The van der Waals surface area contributed by atoms with Crippen LogP contribution in [0.2, 0.25) is 0 Å². The molecule has 0 saturated heterocycles. The first-order valence-electron chi connectivity index (χ1n) is 7.31. The number of methoxy groups -OCH3 is 2. The third-order valence-corrected chi connectivity index (χ3v) is 3.76. The summed E-state index contributed by atoms with van der Waals surface area (Å²) in [6.07, 6.45) is 0.458. The van der Waals surface area contributed by atoms with Gasteiger partial charge in [-0.3, -0.25) is 4.79 Å². The van der Waals surface area contributed by atoms with Crippen molar-refractivity contribution in [3.8, 4) is 11.5 Å². The van der Waals surface area contributed by atoms with Crippen molar-refractivity contribution in [3.05, 3.63) is 63.7 Å². The molecule has 23 heavy (non-hydrogen) atoms. The number of H-pyrrole nitrogens is 1. The third-order valence-electron chi connectivity index (χ3n) is 3.76. The lowest BCUT2D eigenvalue weighted by molar-refractivity contribution is 0.399. The first-order valence-corrected chi connectivity index (χ1v) is 7.31. The van der Waals surface area contributed by atoms with Gasteiger partial charge in [0.05, 0.1) is 25.1 Å². The number of aromatic nitrogens is 2. The van der Waals surface area contributed by atoms with Crippen molar-refractivity contribution >= 4 is 10.9 Å². The van der Waals surface area contributed by atoms with Gasteiger partial charge in [0.15, 0.2) is 0 Å². The molecule has 5 heteroatoms. The highest BCUT2D eigenvalue weighted by molar-refractivity contribution is 5.78. The van der Waals surface area contributed by atoms with E-state index in [2.05, 4.69) is 9.97 Å². The summed E-state index contributed by atoms with van der Waals surface area (Å²) in [6.45, 7) is 1.95. The molecule has 2 aromatic carbocycles. The summed E-state index contributed by atoms with van der Waals surface area (Å²) >= 11 is 0. The van der Waals surface area contributed by atoms with Crippen molar-refractivity contribution in [2.24, 2.45) is 0 Å². The predicted molar refractivity (Wildman–Crippen MR) is 89.5 cm³/mol. The van der Waals surface area contributed by atoms with Crippen LogP contribution in [0.5, 0.6) is 11.5 Å². The molecule has 0 bridgehead atoms. The van der Waals surface area contributed by atoms with Crippen LogP contribution in [-0.4, -0.2) is 24.2 Å². The standard InChI is InChI=1S/C18H18N2O3/c1-11-4-6-15-14(8-11)18(21)20-17(19-15)10-12-9-13(22-2)5-7-16(12)23-3/h4-9H,10H2,1-3H3,(H,19,20,21). The molecule has 0 aliphatic heterocycles. The van der Waals surface area contributed by atoms with Crippen molar-refractivity contribution in [1.82, 2.24) is 9.97 Å². The maximum absolute atomic E-state index is 12.3. The quantitative estimate of drug-likeness (QED) is 0.805. The second kappa shape index (κ2) is 6.12. The lowest BCUT2D eigenvalue weighted by Crippen LogP contribution is -2.12. The van der Waals surface area contributed by atoms with Crippen LogP contribution >= 0.6 is 0 Å². The monoisotopic (exact) mass is 310 g/mol. The normalized spacial score (nSPS) is 10.7. The molecular formula is C18H18N2O3. The molecule has 3 aromatic rings. The van der Waals surface area contributed by atoms with Crippen molar-refractivity contribution in [2.45, 2.75) is 13.3 Å². The topological polar surface area (TPSA) is 64.2 Å². The number of aryl methyl sites for hydroxylation is 1. The van der Waals surface area contributed by atoms with Crippen molar-refractivity contribution in [1.29, 1.82) is 0 Å². The van der Waals surface area contributed by atoms with Crippen LogP contribution in [0.3, 0.4) is 0 Å². The van der Waals surface area contributed by atoms with Gasteiger partial charge in [0.2, 0.25) is 0 Å². The predicted octanol–water partition coefficient (Wildman–Crippen LogP) is 2.84. The maximum atomic E-state index is 12.3. The molecule has 0 unspecified atom stereocenters. The van der Waals surface area contributed by atoms with Gasteiger partial charge in [-0.05, 0) is 37.3 Å². The molecule has 0 amide bonds. The Bertz CT molecular complexity index is 916. The molecule has 0 aliphatic rings. The van der Waals surface area contributed by atoms with E-state index in [1.807, 2.05) is 43.3 Å². The molecule has 1 N–H and O–H groups in total. The first-order chi connectivity index (χ1) is 11.1. The van der Waals surface area contributed by atoms with Gasteiger partial charge in [-0.1, -0.05) is 11.6 Å². The summed E-state index contributed by atoms with van der Waals surface area (Å²) in [5.74, 6) is 2.06. The van der Waals surface area contributed by atoms with E-state index in [1.54, 1.807) is 14.2 Å². The summed E-state index contributed by atoms with van der Waals surface area (Å²) in [7, 11) is 3.23. The molecule has 0 aliphatic carbocycles. The summed E-state index contributed by atoms with van der Waals surface area (Å²) in [5.41, 5.74) is 2.50. The zero-order valence-corrected chi connectivity index (χ0v) is 13.3. The zero-order chi connectivity index (χ0) is 16.4. The fourth-order valence-electron chi connectivity index (χ4n) is 2.59. The fraction of sp³-hybridized carbons (Fsp3) is 0.222. The van der Waals surface area contributed by atoms with Gasteiger partial charge in [0.25, 0.3) is 5.56 Å². The average Bonchev–Trinajstić information content (AvgIpc) is 2.55. The largest absolute Gasteiger partial charge is 0.497 e. The number of hydrogen-bond donors (Lipinski definition) is 1. The number of nitrogens with one attached hydrogen (secondary N) is 1. The van der Waals surface area contributed by atoms with Gasteiger partial charge in [-0.2, -0.15) is 0 Å². The smallest absolute Gasteiger partial charge is 0.258 e. The van der Waals surface area contributed by atoms with Crippen molar-refractivity contribution in [3.63, 3.8) is 0 Å². The Balaban J connectivity index is 2.05. The van der Waals surface area contributed by atoms with E-state index in [9.17, 15) is 4.79 Å². The minimum Gasteiger partial charge on any atom is -0.497 e. The highest BCUT2D eigenvalue weighted by Gasteiger charge is 2.10. The molecule has 0 saturated carbocycles. The summed E-state index contributed by atoms with van der Waals surface area (Å²) in [5, 5.41) is 0.603. The number of rotatable bonds is 4. The van der Waals surface area contributed by atoms with Crippen LogP contribution < -0.4 is 15.0 Å². The first kappa shape index (κ1) is 15.1. The molecule has 0 spiro atoms. The molecule has 0 radical (unpaired) electrons. The van der Waals surface area contributed by atoms with Gasteiger partial charge in [0, 0.05) is 12.0 Å². The van der Waals surface area contributed by atoms with Gasteiger partial charge in [-0.15, -0.1) is 0 Å². The van der Waals surface area contributed by atoms with Crippen molar-refractivity contribution in [2.75, 3.05) is 14.2 Å². The summed E-state index contributed by atoms with van der Waals surface area (Å²) in [6, 6.07) is 11.2. The molecule has 118 valence electrons. The molecule has 1 heterocycles. The minimum absolute atomic E-state index is 0.129. The van der Waals surface area contributed by atoms with Gasteiger partial charge < -0.3 is 14.5 Å². The van der Waals surface area contributed by atoms with Crippen LogP contribution in [0.4, 0.5) is 0 Å². The van der Waals surface area contributed by atoms with Crippen LogP contribution in [0.1, 0.15) is 17.0 Å². The van der Waals surface area contributed by atoms with E-state index in [0.717, 1.165) is 22.6 Å². The Kier molecular flexibility index (Phi) is 4.02. The molecule has 0 fully saturated rings. The van der Waals surface area contributed by atoms with E-state index in [0.29, 0.717) is 23.1 Å². The molecule has 5 nitrogen and oxygen atoms in total. The van der Waals surface area contributed by atoms with Crippen molar-refractivity contribution < 1.29 is 9.47 Å². The van der Waals surface area contributed by atoms with Crippen LogP contribution in [0.15, 0.2) is 41.2 Å². The van der Waals surface area contributed by atoms with Crippen LogP contribution in [0.25, 0.3) is 10.9 Å². The molecule has 1 aromatic heterocycles. The third kappa shape index (κ3) is 3.04. The van der Waals surface area contributed by atoms with Crippen LogP contribution in [-0.2, 0) is 6.42 Å². The number of hydrogen-bond acceptors (Lipinski definition) is 4. The zero-order valence-electron chi connectivity index (χ0n) is 13.3. The highest BCUT2D eigenvalue weighted by Crippen LogP contribution is 2.25. The minimum atomic E-state index is -0.129. The Labute approximate surface area is 133 Å².